The maximum Gasteiger partial charge on any atom is 0.0207 e. The third kappa shape index (κ3) is 1.10. The zero-order valence-electron chi connectivity index (χ0n) is 4.39. The van der Waals surface area contributed by atoms with Gasteiger partial charge in [0.05, 0.1) is 0 Å². The van der Waals surface area contributed by atoms with Crippen LogP contribution in [0.5, 0.6) is 0 Å². The van der Waals surface area contributed by atoms with Gasteiger partial charge in [-0.25, -0.2) is 0 Å². The summed E-state index contributed by atoms with van der Waals surface area (Å²) in [5.41, 5.74) is 1.03. The fourth-order valence-corrected chi connectivity index (χ4v) is 0.783. The monoisotopic (exact) mass is 169 g/mol. The standard InChI is InChI=1S/C7H6Br/c1-6-4-2-3-5-7(6)8/h2-5H,1H2. The van der Waals surface area contributed by atoms with Crippen molar-refractivity contribution in [2.45, 2.75) is 0 Å². The maximum absolute atomic E-state index is 3.77. The zero-order chi connectivity index (χ0) is 5.98. The molecule has 0 unspecified atom stereocenters. The van der Waals surface area contributed by atoms with Gasteiger partial charge in [-0.3, -0.25) is 0 Å². The molecular formula is C7H6Br. The Morgan fingerprint density at radius 3 is 2.25 bits per heavy atom. The van der Waals surface area contributed by atoms with Gasteiger partial charge in [0.1, 0.15) is 0 Å². The molecule has 0 aliphatic heterocycles. The molecule has 0 aliphatic rings. The van der Waals surface area contributed by atoms with E-state index in [9.17, 15) is 0 Å². The van der Waals surface area contributed by atoms with Gasteiger partial charge in [0.2, 0.25) is 0 Å². The van der Waals surface area contributed by atoms with Crippen LogP contribution in [0.3, 0.4) is 0 Å². The van der Waals surface area contributed by atoms with E-state index in [0.29, 0.717) is 0 Å². The normalized spacial score (nSPS) is 9.25. The third-order valence-corrected chi connectivity index (χ3v) is 1.73. The Morgan fingerprint density at radius 2 is 1.88 bits per heavy atom. The van der Waals surface area contributed by atoms with Crippen LogP contribution >= 0.6 is 15.9 Å². The second-order valence-electron chi connectivity index (χ2n) is 1.59. The van der Waals surface area contributed by atoms with E-state index >= 15 is 0 Å². The first-order valence-electron chi connectivity index (χ1n) is 2.37. The molecule has 0 saturated heterocycles. The molecule has 0 spiro atoms. The Balaban J connectivity index is 3.13. The second kappa shape index (κ2) is 2.31. The number of hydrogen-bond donors (Lipinski definition) is 0. The Morgan fingerprint density at radius 1 is 1.25 bits per heavy atom. The maximum atomic E-state index is 3.77. The molecule has 1 heteroatoms. The predicted molar refractivity (Wildman–Crippen MR) is 38.6 cm³/mol. The minimum absolute atomic E-state index is 1.03. The molecule has 1 rings (SSSR count). The molecule has 8 heavy (non-hydrogen) atoms. The van der Waals surface area contributed by atoms with Crippen molar-refractivity contribution in [2.75, 3.05) is 0 Å². The molecule has 0 heterocycles. The van der Waals surface area contributed by atoms with Gasteiger partial charge < -0.3 is 0 Å². The van der Waals surface area contributed by atoms with E-state index in [1.807, 2.05) is 24.3 Å². The summed E-state index contributed by atoms with van der Waals surface area (Å²) in [6.45, 7) is 3.77. The van der Waals surface area contributed by atoms with Crippen molar-refractivity contribution in [1.29, 1.82) is 0 Å². The van der Waals surface area contributed by atoms with Crippen molar-refractivity contribution in [3.63, 3.8) is 0 Å². The number of hydrogen-bond acceptors (Lipinski definition) is 0. The molecule has 0 fully saturated rings. The van der Waals surface area contributed by atoms with Crippen LogP contribution in [-0.4, -0.2) is 0 Å². The van der Waals surface area contributed by atoms with Crippen molar-refractivity contribution >= 4 is 15.9 Å². The molecule has 41 valence electrons. The summed E-state index contributed by atoms with van der Waals surface area (Å²) in [6, 6.07) is 7.87. The van der Waals surface area contributed by atoms with Gasteiger partial charge in [-0.1, -0.05) is 34.1 Å². The minimum Gasteiger partial charge on any atom is -0.0619 e. The summed E-state index contributed by atoms with van der Waals surface area (Å²) >= 11 is 3.33. The largest absolute Gasteiger partial charge is 0.0619 e. The van der Waals surface area contributed by atoms with Crippen LogP contribution in [0.25, 0.3) is 0 Å². The van der Waals surface area contributed by atoms with Crippen LogP contribution in [0.4, 0.5) is 0 Å². The topological polar surface area (TPSA) is 0 Å². The highest BCUT2D eigenvalue weighted by Gasteiger charge is 1.86. The van der Waals surface area contributed by atoms with Crippen LogP contribution in [0, 0.1) is 6.92 Å². The smallest absolute Gasteiger partial charge is 0.0207 e. The number of halogens is 1. The molecule has 0 aliphatic carbocycles. The van der Waals surface area contributed by atoms with Crippen LogP contribution in [0.2, 0.25) is 0 Å². The van der Waals surface area contributed by atoms with Crippen molar-refractivity contribution in [2.24, 2.45) is 0 Å². The average molecular weight is 170 g/mol. The summed E-state index contributed by atoms with van der Waals surface area (Å²) in [5.74, 6) is 0. The number of benzene rings is 1. The van der Waals surface area contributed by atoms with Gasteiger partial charge in [0, 0.05) is 4.47 Å². The Labute approximate surface area is 57.7 Å². The first kappa shape index (κ1) is 5.83. The van der Waals surface area contributed by atoms with Gasteiger partial charge >= 0.3 is 0 Å². The predicted octanol–water partition coefficient (Wildman–Crippen LogP) is 2.63. The van der Waals surface area contributed by atoms with Gasteiger partial charge in [0.25, 0.3) is 0 Å². The van der Waals surface area contributed by atoms with Gasteiger partial charge in [0.15, 0.2) is 0 Å². The van der Waals surface area contributed by atoms with Crippen molar-refractivity contribution in [1.82, 2.24) is 0 Å². The molecule has 1 aromatic rings. The fraction of sp³-hybridized carbons (Fsp3) is 0. The van der Waals surface area contributed by atoms with E-state index < -0.39 is 0 Å². The summed E-state index contributed by atoms with van der Waals surface area (Å²) in [4.78, 5) is 0. The van der Waals surface area contributed by atoms with E-state index in [-0.39, 0.29) is 0 Å². The molecule has 1 aromatic carbocycles. The molecule has 0 atom stereocenters. The lowest BCUT2D eigenvalue weighted by molar-refractivity contribution is 1.56. The zero-order valence-corrected chi connectivity index (χ0v) is 5.98. The Bertz CT molecular complexity index is 160. The molecular weight excluding hydrogens is 164 g/mol. The van der Waals surface area contributed by atoms with Gasteiger partial charge in [-0.2, -0.15) is 0 Å². The van der Waals surface area contributed by atoms with E-state index in [0.717, 1.165) is 10.0 Å². The SMILES string of the molecule is [CH2]c1ccccc1Br. The molecule has 0 N–H and O–H groups in total. The van der Waals surface area contributed by atoms with Crippen molar-refractivity contribution in [3.8, 4) is 0 Å². The van der Waals surface area contributed by atoms with Crippen molar-refractivity contribution in [3.05, 3.63) is 41.2 Å². The Kier molecular flexibility index (Phi) is 1.69. The quantitative estimate of drug-likeness (QED) is 0.561. The first-order chi connectivity index (χ1) is 3.80. The van der Waals surface area contributed by atoms with Crippen LogP contribution < -0.4 is 0 Å². The summed E-state index contributed by atoms with van der Waals surface area (Å²) in [6.07, 6.45) is 0. The average Bonchev–Trinajstić information content (AvgIpc) is 1.77. The molecule has 0 saturated carbocycles. The van der Waals surface area contributed by atoms with Crippen LogP contribution in [-0.2, 0) is 0 Å². The highest BCUT2D eigenvalue weighted by atomic mass is 79.9. The summed E-state index contributed by atoms with van der Waals surface area (Å²) < 4.78 is 1.07. The van der Waals surface area contributed by atoms with Crippen molar-refractivity contribution < 1.29 is 0 Å². The lowest BCUT2D eigenvalue weighted by atomic mass is 10.2. The minimum atomic E-state index is 1.03. The summed E-state index contributed by atoms with van der Waals surface area (Å²) in [7, 11) is 0. The fourth-order valence-electron chi connectivity index (χ4n) is 0.498. The highest BCUT2D eigenvalue weighted by Crippen LogP contribution is 2.13. The van der Waals surface area contributed by atoms with E-state index in [2.05, 4.69) is 22.9 Å². The highest BCUT2D eigenvalue weighted by molar-refractivity contribution is 9.10. The van der Waals surface area contributed by atoms with E-state index in [4.69, 9.17) is 0 Å². The molecule has 0 aromatic heterocycles. The lowest BCUT2D eigenvalue weighted by Gasteiger charge is -1.91. The third-order valence-electron chi connectivity index (χ3n) is 0.958. The number of rotatable bonds is 0. The molecule has 1 radical (unpaired) electrons. The van der Waals surface area contributed by atoms with Gasteiger partial charge in [-0.15, -0.1) is 0 Å². The molecule has 0 bridgehead atoms. The first-order valence-corrected chi connectivity index (χ1v) is 3.16. The molecule has 0 nitrogen and oxygen atoms in total. The molecule has 0 amide bonds. The lowest BCUT2D eigenvalue weighted by Crippen LogP contribution is -1.69. The van der Waals surface area contributed by atoms with E-state index in [1.165, 1.54) is 0 Å². The second-order valence-corrected chi connectivity index (χ2v) is 2.45. The van der Waals surface area contributed by atoms with Crippen LogP contribution in [0.1, 0.15) is 5.56 Å². The van der Waals surface area contributed by atoms with Crippen LogP contribution in [0.15, 0.2) is 28.7 Å². The summed E-state index contributed by atoms with van der Waals surface area (Å²) in [5, 5.41) is 0. The van der Waals surface area contributed by atoms with E-state index in [1.54, 1.807) is 0 Å². The van der Waals surface area contributed by atoms with Gasteiger partial charge in [-0.05, 0) is 18.6 Å². The Hall–Kier alpha value is -0.300.